The molecule has 0 bridgehead atoms. The summed E-state index contributed by atoms with van der Waals surface area (Å²) in [7, 11) is 0. The fraction of sp³-hybridized carbons (Fsp3) is 0.100. The minimum atomic E-state index is -2.04. The van der Waals surface area contributed by atoms with Gasteiger partial charge in [0.25, 0.3) is 6.30 Å². The molecule has 0 aliphatic carbocycles. The number of aliphatic carboxylic acids is 1. The summed E-state index contributed by atoms with van der Waals surface area (Å²) in [5, 5.41) is 9.36. The Morgan fingerprint density at radius 1 is 1.47 bits per heavy atom. The maximum atomic E-state index is 13.3. The normalized spacial score (nSPS) is 12.9. The molecule has 0 aliphatic heterocycles. The standard InChI is InChI=1S/C10H7BrFNO2/c11-7-1-2-8-6(5-7)3-4-13(8)9(12)10(14)15/h1-5,9H,(H,14,15). The SMILES string of the molecule is O=C(O)C(F)n1ccc2cc(Br)ccc21. The Bertz CT molecular complexity index is 523. The predicted octanol–water partition coefficient (Wildman–Crippen LogP) is 2.96. The summed E-state index contributed by atoms with van der Waals surface area (Å²) < 4.78 is 15.2. The number of alkyl halides is 1. The van der Waals surface area contributed by atoms with Gasteiger partial charge in [-0.2, -0.15) is 0 Å². The summed E-state index contributed by atoms with van der Waals surface area (Å²) in [6, 6.07) is 6.90. The molecule has 78 valence electrons. The average Bonchev–Trinajstić information content (AvgIpc) is 2.59. The second-order valence-corrected chi connectivity index (χ2v) is 4.02. The Labute approximate surface area is 93.3 Å². The molecular formula is C10H7BrFNO2. The fourth-order valence-corrected chi connectivity index (χ4v) is 1.83. The first kappa shape index (κ1) is 10.2. The fourth-order valence-electron chi connectivity index (χ4n) is 1.45. The zero-order chi connectivity index (χ0) is 11.0. The quantitative estimate of drug-likeness (QED) is 0.913. The van der Waals surface area contributed by atoms with Crippen molar-refractivity contribution in [2.45, 2.75) is 6.30 Å². The number of hydrogen-bond acceptors (Lipinski definition) is 1. The molecule has 1 unspecified atom stereocenters. The number of hydrogen-bond donors (Lipinski definition) is 1. The maximum absolute atomic E-state index is 13.3. The number of aromatic nitrogens is 1. The molecule has 0 saturated carbocycles. The molecule has 0 aliphatic rings. The number of halogens is 2. The lowest BCUT2D eigenvalue weighted by Gasteiger charge is -2.06. The predicted molar refractivity (Wildman–Crippen MR) is 57.4 cm³/mol. The van der Waals surface area contributed by atoms with Crippen molar-refractivity contribution >= 4 is 32.8 Å². The van der Waals surface area contributed by atoms with E-state index in [1.807, 2.05) is 0 Å². The van der Waals surface area contributed by atoms with E-state index in [9.17, 15) is 9.18 Å². The highest BCUT2D eigenvalue weighted by atomic mass is 79.9. The number of carboxylic acid groups (broad SMARTS) is 1. The first-order chi connectivity index (χ1) is 7.09. The third-order valence-electron chi connectivity index (χ3n) is 2.13. The molecule has 1 aromatic carbocycles. The minimum Gasteiger partial charge on any atom is -0.478 e. The molecular weight excluding hydrogens is 265 g/mol. The molecule has 15 heavy (non-hydrogen) atoms. The monoisotopic (exact) mass is 271 g/mol. The van der Waals surface area contributed by atoms with Crippen LogP contribution in [0.15, 0.2) is 34.9 Å². The van der Waals surface area contributed by atoms with Crippen LogP contribution in [0, 0.1) is 0 Å². The van der Waals surface area contributed by atoms with E-state index in [-0.39, 0.29) is 0 Å². The molecule has 1 N–H and O–H groups in total. The summed E-state index contributed by atoms with van der Waals surface area (Å²) in [4.78, 5) is 10.5. The van der Waals surface area contributed by atoms with E-state index >= 15 is 0 Å². The zero-order valence-electron chi connectivity index (χ0n) is 7.52. The first-order valence-electron chi connectivity index (χ1n) is 4.22. The van der Waals surface area contributed by atoms with E-state index in [1.54, 1.807) is 24.3 Å². The molecule has 0 amide bonds. The van der Waals surface area contributed by atoms with Crippen molar-refractivity contribution in [1.82, 2.24) is 4.57 Å². The highest BCUT2D eigenvalue weighted by Crippen LogP contribution is 2.24. The van der Waals surface area contributed by atoms with Crippen molar-refractivity contribution in [2.75, 3.05) is 0 Å². The van der Waals surface area contributed by atoms with Gasteiger partial charge in [0.2, 0.25) is 0 Å². The number of fused-ring (bicyclic) bond motifs is 1. The largest absolute Gasteiger partial charge is 0.478 e. The molecule has 1 heterocycles. The van der Waals surface area contributed by atoms with Crippen molar-refractivity contribution < 1.29 is 14.3 Å². The lowest BCUT2D eigenvalue weighted by atomic mass is 10.2. The number of benzene rings is 1. The van der Waals surface area contributed by atoms with Crippen LogP contribution in [0.3, 0.4) is 0 Å². The van der Waals surface area contributed by atoms with Gasteiger partial charge in [0.15, 0.2) is 0 Å². The molecule has 0 saturated heterocycles. The number of carboxylic acids is 1. The van der Waals surface area contributed by atoms with Gasteiger partial charge in [-0.15, -0.1) is 0 Å². The zero-order valence-corrected chi connectivity index (χ0v) is 9.11. The summed E-state index contributed by atoms with van der Waals surface area (Å²) in [6.45, 7) is 0. The molecule has 0 spiro atoms. The molecule has 1 aromatic heterocycles. The Hall–Kier alpha value is -1.36. The molecule has 0 fully saturated rings. The second kappa shape index (κ2) is 3.66. The maximum Gasteiger partial charge on any atom is 0.359 e. The molecule has 2 aromatic rings. The van der Waals surface area contributed by atoms with E-state index in [0.717, 1.165) is 14.4 Å². The molecule has 0 radical (unpaired) electrons. The van der Waals surface area contributed by atoms with Crippen LogP contribution in [0.25, 0.3) is 10.9 Å². The van der Waals surface area contributed by atoms with Crippen LogP contribution < -0.4 is 0 Å². The number of nitrogens with zero attached hydrogens (tertiary/aromatic N) is 1. The van der Waals surface area contributed by atoms with Gasteiger partial charge in [-0.1, -0.05) is 15.9 Å². The lowest BCUT2D eigenvalue weighted by Crippen LogP contribution is -2.12. The highest BCUT2D eigenvalue weighted by Gasteiger charge is 2.18. The third kappa shape index (κ3) is 1.74. The Morgan fingerprint density at radius 3 is 2.87 bits per heavy atom. The third-order valence-corrected chi connectivity index (χ3v) is 2.62. The van der Waals surface area contributed by atoms with Gasteiger partial charge < -0.3 is 9.67 Å². The van der Waals surface area contributed by atoms with Gasteiger partial charge in [-0.25, -0.2) is 9.18 Å². The second-order valence-electron chi connectivity index (χ2n) is 3.10. The van der Waals surface area contributed by atoms with Crippen LogP contribution in [-0.2, 0) is 4.79 Å². The molecule has 5 heteroatoms. The van der Waals surface area contributed by atoms with Crippen LogP contribution in [-0.4, -0.2) is 15.6 Å². The van der Waals surface area contributed by atoms with E-state index in [2.05, 4.69) is 15.9 Å². The summed E-state index contributed by atoms with van der Waals surface area (Å²) >= 11 is 3.29. The van der Waals surface area contributed by atoms with E-state index in [0.29, 0.717) is 5.52 Å². The van der Waals surface area contributed by atoms with E-state index in [1.165, 1.54) is 6.20 Å². The van der Waals surface area contributed by atoms with Crippen molar-refractivity contribution in [3.63, 3.8) is 0 Å². The Balaban J connectivity index is 2.59. The van der Waals surface area contributed by atoms with Gasteiger partial charge >= 0.3 is 5.97 Å². The van der Waals surface area contributed by atoms with Gasteiger partial charge in [-0.05, 0) is 24.3 Å². The van der Waals surface area contributed by atoms with Crippen molar-refractivity contribution in [2.24, 2.45) is 0 Å². The molecule has 2 rings (SSSR count). The van der Waals surface area contributed by atoms with Crippen LogP contribution in [0.4, 0.5) is 4.39 Å². The lowest BCUT2D eigenvalue weighted by molar-refractivity contribution is -0.146. The van der Waals surface area contributed by atoms with Crippen molar-refractivity contribution in [3.8, 4) is 0 Å². The number of rotatable bonds is 2. The van der Waals surface area contributed by atoms with Crippen LogP contribution in [0.5, 0.6) is 0 Å². The smallest absolute Gasteiger partial charge is 0.359 e. The van der Waals surface area contributed by atoms with Crippen LogP contribution >= 0.6 is 15.9 Å². The first-order valence-corrected chi connectivity index (χ1v) is 5.02. The Morgan fingerprint density at radius 2 is 2.20 bits per heavy atom. The van der Waals surface area contributed by atoms with Gasteiger partial charge in [0, 0.05) is 16.1 Å². The van der Waals surface area contributed by atoms with Gasteiger partial charge in [0.1, 0.15) is 0 Å². The summed E-state index contributed by atoms with van der Waals surface area (Å²) in [6.07, 6.45) is -0.612. The van der Waals surface area contributed by atoms with E-state index < -0.39 is 12.3 Å². The number of carbonyl (C=O) groups is 1. The summed E-state index contributed by atoms with van der Waals surface area (Å²) in [5.74, 6) is -1.49. The summed E-state index contributed by atoms with van der Waals surface area (Å²) in [5.41, 5.74) is 0.563. The molecule has 1 atom stereocenters. The van der Waals surface area contributed by atoms with Crippen LogP contribution in [0.2, 0.25) is 0 Å². The van der Waals surface area contributed by atoms with E-state index in [4.69, 9.17) is 5.11 Å². The topological polar surface area (TPSA) is 42.2 Å². The van der Waals surface area contributed by atoms with Gasteiger partial charge in [-0.3, -0.25) is 0 Å². The van der Waals surface area contributed by atoms with Crippen LogP contribution in [0.1, 0.15) is 6.30 Å². The van der Waals surface area contributed by atoms with Crippen molar-refractivity contribution in [1.29, 1.82) is 0 Å². The Kier molecular flexibility index (Phi) is 2.48. The average molecular weight is 272 g/mol. The minimum absolute atomic E-state index is 0.563. The molecule has 3 nitrogen and oxygen atoms in total. The highest BCUT2D eigenvalue weighted by molar-refractivity contribution is 9.10. The van der Waals surface area contributed by atoms with Crippen molar-refractivity contribution in [3.05, 3.63) is 34.9 Å². The van der Waals surface area contributed by atoms with Gasteiger partial charge in [0.05, 0.1) is 5.52 Å².